The van der Waals surface area contributed by atoms with Gasteiger partial charge in [-0.2, -0.15) is 0 Å². The second-order valence-electron chi connectivity index (χ2n) is 8.33. The molecule has 1 aliphatic carbocycles. The molecular weight excluding hydrogens is 456 g/mol. The van der Waals surface area contributed by atoms with Gasteiger partial charge in [0, 0.05) is 19.2 Å². The van der Waals surface area contributed by atoms with E-state index in [1.807, 2.05) is 49.4 Å². The maximum atomic E-state index is 10.5. The van der Waals surface area contributed by atoms with Crippen LogP contribution in [0.3, 0.4) is 0 Å². The molecule has 0 heterocycles. The number of aliphatic hydroxyl groups is 3. The van der Waals surface area contributed by atoms with Gasteiger partial charge in [-0.25, -0.2) is 0 Å². The third-order valence-corrected chi connectivity index (χ3v) is 5.66. The minimum Gasteiger partial charge on any atom is -0.506 e. The van der Waals surface area contributed by atoms with Gasteiger partial charge in [-0.1, -0.05) is 48.7 Å². The van der Waals surface area contributed by atoms with Gasteiger partial charge in [-0.3, -0.25) is 0 Å². The lowest BCUT2D eigenvalue weighted by atomic mass is 10.1. The Morgan fingerprint density at radius 2 is 1.97 bits per heavy atom. The summed E-state index contributed by atoms with van der Waals surface area (Å²) in [7, 11) is 3.25. The number of para-hydroxylation sites is 1. The third kappa shape index (κ3) is 9.64. The van der Waals surface area contributed by atoms with Gasteiger partial charge in [-0.05, 0) is 61.8 Å². The zero-order valence-electron chi connectivity index (χ0n) is 21.3. The Morgan fingerprint density at radius 3 is 2.72 bits per heavy atom. The average molecular weight is 495 g/mol. The fraction of sp³-hybridized carbons (Fsp3) is 0.345. The van der Waals surface area contributed by atoms with Crippen molar-refractivity contribution in [3.05, 3.63) is 107 Å². The van der Waals surface area contributed by atoms with Gasteiger partial charge in [0.2, 0.25) is 0 Å². The highest BCUT2D eigenvalue weighted by atomic mass is 16.5. The number of methoxy groups -OCH3 is 1. The van der Waals surface area contributed by atoms with Gasteiger partial charge in [0.25, 0.3) is 0 Å². The Hall–Kier alpha value is -3.48. The lowest BCUT2D eigenvalue weighted by Crippen LogP contribution is -2.28. The van der Waals surface area contributed by atoms with Crippen LogP contribution in [-0.4, -0.2) is 55.3 Å². The maximum Gasteiger partial charge on any atom is 0.162 e. The second-order valence-corrected chi connectivity index (χ2v) is 8.33. The Kier molecular flexibility index (Phi) is 12.4. The van der Waals surface area contributed by atoms with Crippen molar-refractivity contribution in [2.24, 2.45) is 0 Å². The number of aliphatic hydroxyl groups excluding tert-OH is 3. The van der Waals surface area contributed by atoms with Crippen LogP contribution in [0.2, 0.25) is 0 Å². The highest BCUT2D eigenvalue weighted by Gasteiger charge is 2.14. The van der Waals surface area contributed by atoms with E-state index in [-0.39, 0.29) is 12.4 Å². The van der Waals surface area contributed by atoms with Crippen molar-refractivity contribution in [1.82, 2.24) is 10.6 Å². The van der Waals surface area contributed by atoms with E-state index < -0.39 is 12.2 Å². The van der Waals surface area contributed by atoms with Crippen LogP contribution in [0.4, 0.5) is 0 Å². The Bertz CT molecular complexity index is 1060. The van der Waals surface area contributed by atoms with Gasteiger partial charge >= 0.3 is 0 Å². The summed E-state index contributed by atoms with van der Waals surface area (Å²) in [5, 5.41) is 36.6. The van der Waals surface area contributed by atoms with Crippen molar-refractivity contribution in [2.45, 2.75) is 32.0 Å². The van der Waals surface area contributed by atoms with Crippen LogP contribution >= 0.6 is 0 Å². The molecule has 1 aliphatic rings. The van der Waals surface area contributed by atoms with Crippen LogP contribution in [-0.2, 0) is 4.74 Å². The third-order valence-electron chi connectivity index (χ3n) is 5.66. The average Bonchev–Trinajstić information content (AvgIpc) is 3.14. The summed E-state index contributed by atoms with van der Waals surface area (Å²) >= 11 is 0. The molecule has 0 aliphatic heterocycles. The number of allylic oxidation sites excluding steroid dienone is 6. The summed E-state index contributed by atoms with van der Waals surface area (Å²) in [5.41, 5.74) is 6.06. The number of benzene rings is 1. The highest BCUT2D eigenvalue weighted by Crippen LogP contribution is 2.25. The molecule has 194 valence electrons. The Labute approximate surface area is 214 Å². The van der Waals surface area contributed by atoms with Crippen LogP contribution in [0.1, 0.15) is 31.4 Å². The first-order valence-electron chi connectivity index (χ1n) is 12.0. The van der Waals surface area contributed by atoms with E-state index in [1.165, 1.54) is 6.08 Å². The first-order valence-corrected chi connectivity index (χ1v) is 12.0. The molecule has 36 heavy (non-hydrogen) atoms. The minimum absolute atomic E-state index is 0.0337. The van der Waals surface area contributed by atoms with Crippen molar-refractivity contribution in [2.75, 3.05) is 33.9 Å². The lowest BCUT2D eigenvalue weighted by molar-refractivity contribution is 0.0740. The topological polar surface area (TPSA) is 103 Å². The van der Waals surface area contributed by atoms with Crippen molar-refractivity contribution in [3.8, 4) is 5.75 Å². The van der Waals surface area contributed by atoms with Crippen LogP contribution in [0.5, 0.6) is 5.75 Å². The first kappa shape index (κ1) is 28.8. The van der Waals surface area contributed by atoms with Crippen molar-refractivity contribution in [3.63, 3.8) is 0 Å². The predicted octanol–water partition coefficient (Wildman–Crippen LogP) is 4.13. The summed E-state index contributed by atoms with van der Waals surface area (Å²) in [6, 6.07) is 7.32. The molecule has 1 aromatic rings. The molecule has 5 N–H and O–H groups in total. The molecular formula is C29H38N2O5. The largest absolute Gasteiger partial charge is 0.506 e. The predicted molar refractivity (Wildman–Crippen MR) is 144 cm³/mol. The number of hydrogen-bond donors (Lipinski definition) is 5. The quantitative estimate of drug-likeness (QED) is 0.108. The van der Waals surface area contributed by atoms with Gasteiger partial charge in [0.1, 0.15) is 24.2 Å². The van der Waals surface area contributed by atoms with E-state index >= 15 is 0 Å². The Morgan fingerprint density at radius 1 is 1.19 bits per heavy atom. The van der Waals surface area contributed by atoms with E-state index in [2.05, 4.69) is 22.9 Å². The standard InChI is InChI=1S/C29H38N2O5/c1-21(14-17-26(32)22(2)30-3)27(33)19-31-18-8-10-23-9-7-11-24(16-15-23)36-20-28(34)25-12-5-6-13-29(25)35-4/h5-7,9,12-17,27-28,30-34H,2,8,10,18-20H2,1,3-4H3/b21-14+,26-17+/t27-,28-/m0/s1. The molecule has 0 saturated carbocycles. The Balaban J connectivity index is 1.71. The summed E-state index contributed by atoms with van der Waals surface area (Å²) < 4.78 is 11.0. The van der Waals surface area contributed by atoms with Gasteiger partial charge in [0.05, 0.1) is 18.9 Å². The molecule has 2 atom stereocenters. The van der Waals surface area contributed by atoms with E-state index in [4.69, 9.17) is 9.47 Å². The van der Waals surface area contributed by atoms with Gasteiger partial charge < -0.3 is 35.4 Å². The molecule has 0 aromatic heterocycles. The summed E-state index contributed by atoms with van der Waals surface area (Å²) in [6.07, 6.45) is 11.1. The van der Waals surface area contributed by atoms with Crippen LogP contribution in [0.25, 0.3) is 0 Å². The maximum absolute atomic E-state index is 10.5. The van der Waals surface area contributed by atoms with Crippen LogP contribution in [0.15, 0.2) is 101 Å². The molecule has 0 saturated heterocycles. The van der Waals surface area contributed by atoms with E-state index in [0.717, 1.165) is 30.5 Å². The fourth-order valence-corrected chi connectivity index (χ4v) is 3.34. The first-order chi connectivity index (χ1) is 17.3. The highest BCUT2D eigenvalue weighted by molar-refractivity contribution is 5.35. The monoisotopic (exact) mass is 494 g/mol. The number of likely N-dealkylation sites (N-methyl/N-ethyl adjacent to an activating group) is 1. The number of rotatable bonds is 15. The van der Waals surface area contributed by atoms with Crippen molar-refractivity contribution >= 4 is 0 Å². The molecule has 0 unspecified atom stereocenters. The summed E-state index contributed by atoms with van der Waals surface area (Å²) in [6.45, 7) is 6.75. The lowest BCUT2D eigenvalue weighted by Gasteiger charge is -2.15. The second kappa shape index (κ2) is 15.5. The zero-order valence-corrected chi connectivity index (χ0v) is 21.3. The van der Waals surface area contributed by atoms with Crippen molar-refractivity contribution in [1.29, 1.82) is 0 Å². The van der Waals surface area contributed by atoms with E-state index in [1.54, 1.807) is 26.3 Å². The fourth-order valence-electron chi connectivity index (χ4n) is 3.34. The van der Waals surface area contributed by atoms with E-state index in [9.17, 15) is 15.3 Å². The number of nitrogens with one attached hydrogen (secondary N) is 2. The normalized spacial score (nSPS) is 15.5. The number of ether oxygens (including phenoxy) is 2. The molecule has 0 bridgehead atoms. The summed E-state index contributed by atoms with van der Waals surface area (Å²) in [4.78, 5) is 0. The zero-order chi connectivity index (χ0) is 26.3. The number of hydrogen-bond acceptors (Lipinski definition) is 7. The molecule has 2 rings (SSSR count). The molecule has 7 heteroatoms. The van der Waals surface area contributed by atoms with Crippen molar-refractivity contribution < 1.29 is 24.8 Å². The smallest absolute Gasteiger partial charge is 0.162 e. The van der Waals surface area contributed by atoms with Gasteiger partial charge in [-0.15, -0.1) is 0 Å². The van der Waals surface area contributed by atoms with Crippen LogP contribution < -0.4 is 15.4 Å². The minimum atomic E-state index is -0.811. The SMILES string of the molecule is C=C(NC)/C(O)=C\C=C(/C)[C@@H](O)CNCCCC1=CC=C=C(OC[C@H](O)c2ccccc2OC)C=C1. The molecule has 1 aromatic carbocycles. The van der Waals surface area contributed by atoms with Crippen LogP contribution in [0, 0.1) is 0 Å². The molecule has 0 radical (unpaired) electrons. The van der Waals surface area contributed by atoms with Gasteiger partial charge in [0.15, 0.2) is 5.76 Å². The molecule has 0 spiro atoms. The molecule has 0 fully saturated rings. The summed E-state index contributed by atoms with van der Waals surface area (Å²) in [5.74, 6) is 1.21. The molecule has 7 nitrogen and oxygen atoms in total. The molecule has 0 amide bonds. The van der Waals surface area contributed by atoms with E-state index in [0.29, 0.717) is 29.3 Å².